The normalized spacial score (nSPS) is 11.1. The molecule has 4 rings (SSSR count). The van der Waals surface area contributed by atoms with Gasteiger partial charge in [-0.3, -0.25) is 14.5 Å². The van der Waals surface area contributed by atoms with Crippen molar-refractivity contribution in [2.75, 3.05) is 5.32 Å². The molecule has 5 nitrogen and oxygen atoms in total. The monoisotopic (exact) mass is 358 g/mol. The minimum atomic E-state index is -0.280. The molecule has 0 saturated heterocycles. The van der Waals surface area contributed by atoms with Gasteiger partial charge in [-0.1, -0.05) is 11.3 Å². The molecule has 24 heavy (non-hydrogen) atoms. The summed E-state index contributed by atoms with van der Waals surface area (Å²) in [6, 6.07) is 6.19. The van der Waals surface area contributed by atoms with Gasteiger partial charge in [-0.15, -0.1) is 11.3 Å². The van der Waals surface area contributed by atoms with E-state index in [1.165, 1.54) is 34.8 Å². The highest BCUT2D eigenvalue weighted by atomic mass is 32.1. The molecule has 0 atom stereocenters. The molecule has 1 N–H and O–H groups in total. The molecule has 0 spiro atoms. The Balaban J connectivity index is 1.68. The average Bonchev–Trinajstić information content (AvgIpc) is 3.27. The van der Waals surface area contributed by atoms with Gasteiger partial charge in [0.05, 0.1) is 5.69 Å². The fourth-order valence-electron chi connectivity index (χ4n) is 2.36. The van der Waals surface area contributed by atoms with E-state index in [1.807, 2.05) is 17.5 Å². The topological polar surface area (TPSA) is 59.3 Å². The number of imidazole rings is 1. The van der Waals surface area contributed by atoms with Crippen molar-refractivity contribution in [3.05, 3.63) is 58.4 Å². The van der Waals surface area contributed by atoms with Crippen molar-refractivity contribution >= 4 is 38.7 Å². The van der Waals surface area contributed by atoms with Crippen LogP contribution in [0, 0.1) is 12.7 Å². The minimum absolute atomic E-state index is 0.193. The number of rotatable bonds is 3. The van der Waals surface area contributed by atoms with Gasteiger partial charge in [-0.25, -0.2) is 14.4 Å². The molecule has 4 aromatic rings. The van der Waals surface area contributed by atoms with Crippen LogP contribution < -0.4 is 5.32 Å². The quantitative estimate of drug-likeness (QED) is 0.596. The Hall–Kier alpha value is -2.58. The second kappa shape index (κ2) is 5.81. The van der Waals surface area contributed by atoms with Gasteiger partial charge < -0.3 is 0 Å². The number of nitrogens with one attached hydrogen (secondary N) is 1. The molecule has 3 aromatic heterocycles. The Morgan fingerprint density at radius 2 is 2.08 bits per heavy atom. The lowest BCUT2D eigenvalue weighted by atomic mass is 10.2. The summed E-state index contributed by atoms with van der Waals surface area (Å²) >= 11 is 2.69. The molecule has 0 fully saturated rings. The average molecular weight is 358 g/mol. The first-order valence-electron chi connectivity index (χ1n) is 7.07. The highest BCUT2D eigenvalue weighted by Gasteiger charge is 2.18. The summed E-state index contributed by atoms with van der Waals surface area (Å²) in [6.45, 7) is 1.87. The molecule has 0 bridgehead atoms. The number of benzene rings is 1. The Bertz CT molecular complexity index is 1020. The Morgan fingerprint density at radius 3 is 2.75 bits per heavy atom. The van der Waals surface area contributed by atoms with Crippen molar-refractivity contribution in [2.24, 2.45) is 0 Å². The molecule has 0 aliphatic rings. The van der Waals surface area contributed by atoms with Crippen LogP contribution in [0.25, 0.3) is 16.2 Å². The van der Waals surface area contributed by atoms with E-state index < -0.39 is 0 Å². The zero-order valence-electron chi connectivity index (χ0n) is 12.5. The van der Waals surface area contributed by atoms with Crippen molar-refractivity contribution in [2.45, 2.75) is 6.92 Å². The first kappa shape index (κ1) is 15.0. The summed E-state index contributed by atoms with van der Waals surface area (Å²) in [5.41, 5.74) is 2.39. The first-order chi connectivity index (χ1) is 11.6. The third-order valence-electron chi connectivity index (χ3n) is 3.56. The van der Waals surface area contributed by atoms with Gasteiger partial charge in [0.2, 0.25) is 0 Å². The second-order valence-corrected chi connectivity index (χ2v) is 6.97. The van der Waals surface area contributed by atoms with E-state index in [1.54, 1.807) is 23.7 Å². The second-order valence-electron chi connectivity index (χ2n) is 5.09. The van der Waals surface area contributed by atoms with Crippen molar-refractivity contribution in [1.29, 1.82) is 0 Å². The lowest BCUT2D eigenvalue weighted by Gasteiger charge is -2.00. The fraction of sp³-hybridized carbons (Fsp3) is 0.0625. The highest BCUT2D eigenvalue weighted by molar-refractivity contribution is 7.19. The van der Waals surface area contributed by atoms with E-state index in [4.69, 9.17) is 0 Å². The molecule has 120 valence electrons. The summed E-state index contributed by atoms with van der Waals surface area (Å²) in [7, 11) is 0. The van der Waals surface area contributed by atoms with E-state index in [0.717, 1.165) is 21.9 Å². The summed E-state index contributed by atoms with van der Waals surface area (Å²) in [5, 5.41) is 5.15. The molecule has 8 heteroatoms. The summed E-state index contributed by atoms with van der Waals surface area (Å²) in [4.78, 5) is 22.3. The lowest BCUT2D eigenvalue weighted by molar-refractivity contribution is 0.102. The summed E-state index contributed by atoms with van der Waals surface area (Å²) in [5.74, 6) is -0.474. The van der Waals surface area contributed by atoms with Gasteiger partial charge >= 0.3 is 0 Å². The van der Waals surface area contributed by atoms with E-state index in [0.29, 0.717) is 10.0 Å². The number of aromatic nitrogens is 3. The minimum Gasteiger partial charge on any atom is -0.297 e. The standard InChI is InChI=1S/C16H11FN4OS2/c1-9-13(14(22)20-15-18-6-7-23-15)24-16-19-12(8-21(9)16)10-2-4-11(17)5-3-10/h2-8H,1H3,(H,18,20,22). The van der Waals surface area contributed by atoms with Gasteiger partial charge in [0.25, 0.3) is 5.91 Å². The van der Waals surface area contributed by atoms with Crippen molar-refractivity contribution in [3.63, 3.8) is 0 Å². The predicted octanol–water partition coefficient (Wildman–Crippen LogP) is 4.22. The number of fused-ring (bicyclic) bond motifs is 1. The van der Waals surface area contributed by atoms with Crippen LogP contribution in [-0.2, 0) is 0 Å². The fourth-order valence-corrected chi connectivity index (χ4v) is 3.89. The number of aryl methyl sites for hydroxylation is 1. The number of hydrogen-bond donors (Lipinski definition) is 1. The van der Waals surface area contributed by atoms with Gasteiger partial charge in [0.1, 0.15) is 10.7 Å². The number of halogens is 1. The van der Waals surface area contributed by atoms with E-state index in [2.05, 4.69) is 15.3 Å². The molecule has 0 saturated carbocycles. The van der Waals surface area contributed by atoms with Gasteiger partial charge in [-0.05, 0) is 31.2 Å². The predicted molar refractivity (Wildman–Crippen MR) is 93.3 cm³/mol. The molecule has 0 unspecified atom stereocenters. The van der Waals surface area contributed by atoms with Gasteiger partial charge in [0, 0.05) is 29.0 Å². The van der Waals surface area contributed by atoms with Gasteiger partial charge in [0.15, 0.2) is 10.1 Å². The van der Waals surface area contributed by atoms with Crippen molar-refractivity contribution in [1.82, 2.24) is 14.4 Å². The van der Waals surface area contributed by atoms with Crippen LogP contribution in [0.2, 0.25) is 0 Å². The highest BCUT2D eigenvalue weighted by Crippen LogP contribution is 2.28. The number of hydrogen-bond acceptors (Lipinski definition) is 5. The van der Waals surface area contributed by atoms with Crippen LogP contribution in [-0.4, -0.2) is 20.3 Å². The lowest BCUT2D eigenvalue weighted by Crippen LogP contribution is -2.11. The molecule has 0 aliphatic heterocycles. The van der Waals surface area contributed by atoms with Crippen molar-refractivity contribution < 1.29 is 9.18 Å². The van der Waals surface area contributed by atoms with Crippen LogP contribution in [0.1, 0.15) is 15.4 Å². The molecular weight excluding hydrogens is 347 g/mol. The van der Waals surface area contributed by atoms with Crippen LogP contribution >= 0.6 is 22.7 Å². The van der Waals surface area contributed by atoms with Crippen LogP contribution in [0.3, 0.4) is 0 Å². The Morgan fingerprint density at radius 1 is 1.29 bits per heavy atom. The van der Waals surface area contributed by atoms with E-state index in [9.17, 15) is 9.18 Å². The summed E-state index contributed by atoms with van der Waals surface area (Å²) in [6.07, 6.45) is 3.50. The maximum Gasteiger partial charge on any atom is 0.269 e. The van der Waals surface area contributed by atoms with Crippen LogP contribution in [0.4, 0.5) is 9.52 Å². The smallest absolute Gasteiger partial charge is 0.269 e. The van der Waals surface area contributed by atoms with E-state index >= 15 is 0 Å². The zero-order chi connectivity index (χ0) is 16.7. The van der Waals surface area contributed by atoms with Crippen LogP contribution in [0.15, 0.2) is 42.0 Å². The molecular formula is C16H11FN4OS2. The van der Waals surface area contributed by atoms with Crippen LogP contribution in [0.5, 0.6) is 0 Å². The molecule has 0 radical (unpaired) electrons. The SMILES string of the molecule is Cc1c(C(=O)Nc2nccs2)sc2nc(-c3ccc(F)cc3)cn12. The molecule has 1 amide bonds. The third-order valence-corrected chi connectivity index (χ3v) is 5.40. The molecule has 3 heterocycles. The number of thiazole rings is 2. The zero-order valence-corrected chi connectivity index (χ0v) is 14.1. The number of carbonyl (C=O) groups excluding carboxylic acids is 1. The Labute approximate surface area is 144 Å². The molecule has 1 aromatic carbocycles. The number of nitrogens with zero attached hydrogens (tertiary/aromatic N) is 3. The maximum absolute atomic E-state index is 13.0. The largest absolute Gasteiger partial charge is 0.297 e. The van der Waals surface area contributed by atoms with E-state index in [-0.39, 0.29) is 11.7 Å². The van der Waals surface area contributed by atoms with Crippen molar-refractivity contribution in [3.8, 4) is 11.3 Å². The summed E-state index contributed by atoms with van der Waals surface area (Å²) < 4.78 is 14.9. The molecule has 0 aliphatic carbocycles. The Kier molecular flexibility index (Phi) is 3.62. The maximum atomic E-state index is 13.0. The number of anilines is 1. The number of amides is 1. The van der Waals surface area contributed by atoms with Gasteiger partial charge in [-0.2, -0.15) is 0 Å². The third kappa shape index (κ3) is 2.59. The first-order valence-corrected chi connectivity index (χ1v) is 8.77. The number of carbonyl (C=O) groups is 1.